The van der Waals surface area contributed by atoms with Gasteiger partial charge in [-0.05, 0) is 11.6 Å². The Balaban J connectivity index is 2.22. The minimum Gasteiger partial charge on any atom is -0.461 e. The molecule has 0 amide bonds. The van der Waals surface area contributed by atoms with Gasteiger partial charge in [0.05, 0.1) is 6.42 Å². The Labute approximate surface area is 111 Å². The molecule has 0 aliphatic heterocycles. The van der Waals surface area contributed by atoms with Crippen LogP contribution in [0.1, 0.15) is 12.0 Å². The highest BCUT2D eigenvalue weighted by molar-refractivity contribution is 6.76. The van der Waals surface area contributed by atoms with Crippen molar-refractivity contribution in [2.75, 3.05) is 0 Å². The fourth-order valence-corrected chi connectivity index (χ4v) is 2.29. The molecule has 3 heteroatoms. The zero-order valence-corrected chi connectivity index (χ0v) is 12.5. The molecular formula is C15H22O2Si. The molecule has 0 spiro atoms. The minimum atomic E-state index is -1.04. The number of hydrogen-bond donors (Lipinski definition) is 0. The van der Waals surface area contributed by atoms with Crippen molar-refractivity contribution in [2.24, 2.45) is 0 Å². The average Bonchev–Trinajstić information content (AvgIpc) is 2.32. The summed E-state index contributed by atoms with van der Waals surface area (Å²) in [6.07, 6.45) is 4.40. The van der Waals surface area contributed by atoms with Crippen molar-refractivity contribution in [1.29, 1.82) is 0 Å². The van der Waals surface area contributed by atoms with Gasteiger partial charge in [0.2, 0.25) is 0 Å². The number of benzene rings is 1. The molecular weight excluding hydrogens is 240 g/mol. The SMILES string of the molecule is C[Si](C)(C)C/C=C/CC(=O)OCc1ccccc1. The van der Waals surface area contributed by atoms with Crippen LogP contribution in [0.15, 0.2) is 42.5 Å². The van der Waals surface area contributed by atoms with Crippen LogP contribution in [0.4, 0.5) is 0 Å². The Morgan fingerprint density at radius 2 is 1.83 bits per heavy atom. The first-order chi connectivity index (χ1) is 8.47. The summed E-state index contributed by atoms with van der Waals surface area (Å²) in [6.45, 7) is 7.29. The second kappa shape index (κ2) is 7.16. The molecule has 0 N–H and O–H groups in total. The molecule has 2 nitrogen and oxygen atoms in total. The zero-order valence-electron chi connectivity index (χ0n) is 11.5. The largest absolute Gasteiger partial charge is 0.461 e. The van der Waals surface area contributed by atoms with E-state index in [0.717, 1.165) is 11.6 Å². The van der Waals surface area contributed by atoms with E-state index in [1.54, 1.807) is 0 Å². The third-order valence-corrected chi connectivity index (χ3v) is 3.88. The fraction of sp³-hybridized carbons (Fsp3) is 0.400. The zero-order chi connectivity index (χ0) is 13.4. The monoisotopic (exact) mass is 262 g/mol. The molecule has 0 atom stereocenters. The van der Waals surface area contributed by atoms with E-state index in [1.165, 1.54) is 0 Å². The topological polar surface area (TPSA) is 26.3 Å². The maximum atomic E-state index is 11.5. The molecule has 18 heavy (non-hydrogen) atoms. The lowest BCUT2D eigenvalue weighted by Gasteiger charge is -2.11. The summed E-state index contributed by atoms with van der Waals surface area (Å²) < 4.78 is 5.18. The van der Waals surface area contributed by atoms with Crippen LogP contribution in [0.25, 0.3) is 0 Å². The van der Waals surface area contributed by atoms with Crippen molar-refractivity contribution in [3.05, 3.63) is 48.0 Å². The second-order valence-electron chi connectivity index (χ2n) is 5.59. The van der Waals surface area contributed by atoms with Crippen molar-refractivity contribution in [3.63, 3.8) is 0 Å². The normalized spacial score (nSPS) is 11.7. The van der Waals surface area contributed by atoms with E-state index in [4.69, 9.17) is 4.74 Å². The van der Waals surface area contributed by atoms with E-state index in [2.05, 4.69) is 25.7 Å². The number of carbonyl (C=O) groups is 1. The third-order valence-electron chi connectivity index (χ3n) is 2.42. The van der Waals surface area contributed by atoms with Gasteiger partial charge in [0, 0.05) is 8.07 Å². The number of rotatable bonds is 6. The first-order valence-electron chi connectivity index (χ1n) is 6.32. The van der Waals surface area contributed by atoms with Crippen LogP contribution < -0.4 is 0 Å². The highest BCUT2D eigenvalue weighted by atomic mass is 28.3. The van der Waals surface area contributed by atoms with Crippen molar-refractivity contribution in [1.82, 2.24) is 0 Å². The van der Waals surface area contributed by atoms with Gasteiger partial charge in [0.15, 0.2) is 0 Å². The van der Waals surface area contributed by atoms with Gasteiger partial charge in [-0.2, -0.15) is 0 Å². The van der Waals surface area contributed by atoms with Crippen molar-refractivity contribution >= 4 is 14.0 Å². The molecule has 1 rings (SSSR count). The third kappa shape index (κ3) is 7.07. The highest BCUT2D eigenvalue weighted by Gasteiger charge is 2.09. The Morgan fingerprint density at radius 3 is 2.44 bits per heavy atom. The molecule has 0 aromatic heterocycles. The number of allylic oxidation sites excluding steroid dienone is 1. The molecule has 0 saturated heterocycles. The lowest BCUT2D eigenvalue weighted by atomic mass is 10.2. The maximum absolute atomic E-state index is 11.5. The van der Waals surface area contributed by atoms with Crippen molar-refractivity contribution in [2.45, 2.75) is 38.7 Å². The second-order valence-corrected chi connectivity index (χ2v) is 11.1. The van der Waals surface area contributed by atoms with Gasteiger partial charge < -0.3 is 4.74 Å². The van der Waals surface area contributed by atoms with Crippen LogP contribution in [-0.4, -0.2) is 14.0 Å². The number of hydrogen-bond acceptors (Lipinski definition) is 2. The Hall–Kier alpha value is -1.35. The summed E-state index contributed by atoms with van der Waals surface area (Å²) in [4.78, 5) is 11.5. The fourth-order valence-electron chi connectivity index (χ4n) is 1.41. The first-order valence-corrected chi connectivity index (χ1v) is 10.0. The van der Waals surface area contributed by atoms with Crippen LogP contribution in [0.2, 0.25) is 25.7 Å². The van der Waals surface area contributed by atoms with E-state index < -0.39 is 8.07 Å². The summed E-state index contributed by atoms with van der Waals surface area (Å²) in [6, 6.07) is 10.8. The number of ether oxygens (including phenoxy) is 1. The first kappa shape index (κ1) is 14.7. The lowest BCUT2D eigenvalue weighted by Crippen LogP contribution is -2.17. The van der Waals surface area contributed by atoms with E-state index in [1.807, 2.05) is 36.4 Å². The Kier molecular flexibility index (Phi) is 5.85. The van der Waals surface area contributed by atoms with E-state index in [-0.39, 0.29) is 5.97 Å². The number of carbonyl (C=O) groups excluding carboxylic acids is 1. The quantitative estimate of drug-likeness (QED) is 0.440. The molecule has 98 valence electrons. The summed E-state index contributed by atoms with van der Waals surface area (Å²) in [7, 11) is -1.04. The smallest absolute Gasteiger partial charge is 0.309 e. The van der Waals surface area contributed by atoms with Gasteiger partial charge in [-0.25, -0.2) is 0 Å². The van der Waals surface area contributed by atoms with E-state index >= 15 is 0 Å². The van der Waals surface area contributed by atoms with Crippen LogP contribution in [-0.2, 0) is 16.1 Å². The minimum absolute atomic E-state index is 0.161. The molecule has 1 aromatic carbocycles. The van der Waals surface area contributed by atoms with Gasteiger partial charge in [-0.15, -0.1) is 0 Å². The molecule has 0 aliphatic carbocycles. The van der Waals surface area contributed by atoms with Crippen LogP contribution in [0, 0.1) is 0 Å². The molecule has 0 unspecified atom stereocenters. The van der Waals surface area contributed by atoms with Crippen LogP contribution in [0.3, 0.4) is 0 Å². The molecule has 0 radical (unpaired) electrons. The molecule has 0 heterocycles. The lowest BCUT2D eigenvalue weighted by molar-refractivity contribution is -0.143. The van der Waals surface area contributed by atoms with Gasteiger partial charge in [-0.3, -0.25) is 4.79 Å². The van der Waals surface area contributed by atoms with E-state index in [9.17, 15) is 4.79 Å². The van der Waals surface area contributed by atoms with Gasteiger partial charge in [-0.1, -0.05) is 62.1 Å². The van der Waals surface area contributed by atoms with Crippen molar-refractivity contribution in [3.8, 4) is 0 Å². The van der Waals surface area contributed by atoms with Gasteiger partial charge in [0.25, 0.3) is 0 Å². The molecule has 0 saturated carbocycles. The molecule has 0 aliphatic rings. The summed E-state index contributed by atoms with van der Waals surface area (Å²) >= 11 is 0. The highest BCUT2D eigenvalue weighted by Crippen LogP contribution is 2.09. The van der Waals surface area contributed by atoms with Gasteiger partial charge in [0.1, 0.15) is 6.61 Å². The number of esters is 1. The van der Waals surface area contributed by atoms with Crippen molar-refractivity contribution < 1.29 is 9.53 Å². The molecule has 0 fully saturated rings. The standard InChI is InChI=1S/C15H22O2Si/c1-18(2,3)12-8-7-11-15(16)17-13-14-9-5-4-6-10-14/h4-10H,11-13H2,1-3H3/b8-7+. The summed E-state index contributed by atoms with van der Waals surface area (Å²) in [5.41, 5.74) is 1.02. The average molecular weight is 262 g/mol. The Morgan fingerprint density at radius 1 is 1.17 bits per heavy atom. The van der Waals surface area contributed by atoms with E-state index in [0.29, 0.717) is 13.0 Å². The molecule has 0 bridgehead atoms. The summed E-state index contributed by atoms with van der Waals surface area (Å²) in [5, 5.41) is 0. The Bertz CT molecular complexity index is 391. The van der Waals surface area contributed by atoms with Crippen LogP contribution in [0.5, 0.6) is 0 Å². The predicted octanol–water partition coefficient (Wildman–Crippen LogP) is 4.01. The predicted molar refractivity (Wildman–Crippen MR) is 78.1 cm³/mol. The van der Waals surface area contributed by atoms with Gasteiger partial charge >= 0.3 is 5.97 Å². The van der Waals surface area contributed by atoms with Crippen LogP contribution >= 0.6 is 0 Å². The maximum Gasteiger partial charge on any atom is 0.309 e. The molecule has 1 aromatic rings. The summed E-state index contributed by atoms with van der Waals surface area (Å²) in [5.74, 6) is -0.161.